The van der Waals surface area contributed by atoms with Gasteiger partial charge in [0.2, 0.25) is 0 Å². The second kappa shape index (κ2) is 9.60. The minimum atomic E-state index is -1.07. The molecule has 0 saturated heterocycles. The summed E-state index contributed by atoms with van der Waals surface area (Å²) in [5.74, 6) is -1.05. The maximum absolute atomic E-state index is 13.0. The molecular formula is C23H26FNO3. The number of hydrogen-bond acceptors (Lipinski definition) is 3. The average Bonchev–Trinajstić information content (AvgIpc) is 2.72. The first-order chi connectivity index (χ1) is 13.5. The number of rotatable bonds is 8. The van der Waals surface area contributed by atoms with Crippen LogP contribution in [-0.2, 0) is 11.3 Å². The molecule has 2 N–H and O–H groups in total. The molecule has 0 radical (unpaired) electrons. The molecule has 0 amide bonds. The zero-order valence-electron chi connectivity index (χ0n) is 15.9. The lowest BCUT2D eigenvalue weighted by atomic mass is 9.84. The molecule has 1 aliphatic carbocycles. The smallest absolute Gasteiger partial charge is 0.321 e. The molecule has 2 aromatic carbocycles. The quantitative estimate of drug-likeness (QED) is 0.649. The van der Waals surface area contributed by atoms with Gasteiger partial charge >= 0.3 is 5.97 Å². The van der Waals surface area contributed by atoms with Crippen molar-refractivity contribution in [1.29, 1.82) is 0 Å². The van der Waals surface area contributed by atoms with Gasteiger partial charge in [0, 0.05) is 18.5 Å². The zero-order valence-corrected chi connectivity index (χ0v) is 15.9. The van der Waals surface area contributed by atoms with Crippen LogP contribution in [0.1, 0.15) is 65.9 Å². The lowest BCUT2D eigenvalue weighted by molar-refractivity contribution is -0.139. The standard InChI is InChI=1S/C23H26FNO3/c24-20-12-6-16(7-13-20)15-25-21(23(27)28)14-22(26)19-10-8-18(9-11-19)17-4-2-1-3-5-17/h6-13,17,21,25H,1-5,14-15H2,(H,27,28)/t21-/m1/s1. The monoisotopic (exact) mass is 383 g/mol. The van der Waals surface area contributed by atoms with Crippen LogP contribution in [-0.4, -0.2) is 22.9 Å². The normalized spacial score (nSPS) is 15.9. The fourth-order valence-corrected chi connectivity index (χ4v) is 3.77. The van der Waals surface area contributed by atoms with Crippen molar-refractivity contribution < 1.29 is 19.1 Å². The molecule has 5 heteroatoms. The van der Waals surface area contributed by atoms with E-state index in [9.17, 15) is 19.1 Å². The van der Waals surface area contributed by atoms with Gasteiger partial charge in [0.05, 0.1) is 0 Å². The molecule has 28 heavy (non-hydrogen) atoms. The van der Waals surface area contributed by atoms with Crippen molar-refractivity contribution in [2.24, 2.45) is 0 Å². The number of Topliss-reactive ketones (excluding diaryl/α,β-unsaturated/α-hetero) is 1. The maximum Gasteiger partial charge on any atom is 0.321 e. The summed E-state index contributed by atoms with van der Waals surface area (Å²) in [5, 5.41) is 12.3. The zero-order chi connectivity index (χ0) is 19.9. The summed E-state index contributed by atoms with van der Waals surface area (Å²) in [6.07, 6.45) is 6.08. The second-order valence-electron chi connectivity index (χ2n) is 7.48. The van der Waals surface area contributed by atoms with E-state index < -0.39 is 12.0 Å². The first-order valence-corrected chi connectivity index (χ1v) is 9.87. The van der Waals surface area contributed by atoms with E-state index in [1.165, 1.54) is 49.8 Å². The molecule has 1 fully saturated rings. The van der Waals surface area contributed by atoms with E-state index >= 15 is 0 Å². The summed E-state index contributed by atoms with van der Waals surface area (Å²) < 4.78 is 13.0. The van der Waals surface area contributed by atoms with Crippen molar-refractivity contribution in [2.45, 2.75) is 57.0 Å². The third kappa shape index (κ3) is 5.49. The Morgan fingerprint density at radius 3 is 2.25 bits per heavy atom. The highest BCUT2D eigenvalue weighted by Gasteiger charge is 2.22. The Balaban J connectivity index is 1.58. The van der Waals surface area contributed by atoms with Gasteiger partial charge in [0.15, 0.2) is 5.78 Å². The number of benzene rings is 2. The number of nitrogens with one attached hydrogen (secondary N) is 1. The molecule has 0 heterocycles. The van der Waals surface area contributed by atoms with Crippen LogP contribution in [0.4, 0.5) is 4.39 Å². The number of hydrogen-bond donors (Lipinski definition) is 2. The van der Waals surface area contributed by atoms with Gasteiger partial charge < -0.3 is 5.11 Å². The lowest BCUT2D eigenvalue weighted by Gasteiger charge is -2.22. The highest BCUT2D eigenvalue weighted by atomic mass is 19.1. The first-order valence-electron chi connectivity index (χ1n) is 9.87. The highest BCUT2D eigenvalue weighted by molar-refractivity contribution is 5.98. The summed E-state index contributed by atoms with van der Waals surface area (Å²) >= 11 is 0. The van der Waals surface area contributed by atoms with Gasteiger partial charge in [-0.3, -0.25) is 14.9 Å². The van der Waals surface area contributed by atoms with Crippen LogP contribution in [0.25, 0.3) is 0 Å². The average molecular weight is 383 g/mol. The predicted octanol–water partition coefficient (Wildman–Crippen LogP) is 4.69. The summed E-state index contributed by atoms with van der Waals surface area (Å²) in [6, 6.07) is 12.5. The maximum atomic E-state index is 13.0. The molecule has 0 aromatic heterocycles. The van der Waals surface area contributed by atoms with Crippen LogP contribution in [0.2, 0.25) is 0 Å². The minimum absolute atomic E-state index is 0.126. The molecule has 1 atom stereocenters. The summed E-state index contributed by atoms with van der Waals surface area (Å²) in [5.41, 5.74) is 2.56. The van der Waals surface area contributed by atoms with Crippen molar-refractivity contribution in [3.8, 4) is 0 Å². The molecule has 1 aliphatic rings. The Labute approximate surface area is 164 Å². The van der Waals surface area contributed by atoms with Crippen LogP contribution in [0, 0.1) is 5.82 Å². The van der Waals surface area contributed by atoms with E-state index in [2.05, 4.69) is 5.32 Å². The Morgan fingerprint density at radius 2 is 1.64 bits per heavy atom. The Hall–Kier alpha value is -2.53. The van der Waals surface area contributed by atoms with E-state index in [1.54, 1.807) is 12.1 Å². The van der Waals surface area contributed by atoms with Crippen LogP contribution in [0.15, 0.2) is 48.5 Å². The number of ketones is 1. The van der Waals surface area contributed by atoms with Gasteiger partial charge in [-0.15, -0.1) is 0 Å². The van der Waals surface area contributed by atoms with Crippen molar-refractivity contribution in [1.82, 2.24) is 5.32 Å². The molecule has 0 spiro atoms. The van der Waals surface area contributed by atoms with Gasteiger partial charge in [-0.1, -0.05) is 55.7 Å². The molecule has 0 aliphatic heterocycles. The van der Waals surface area contributed by atoms with E-state index in [0.717, 1.165) is 5.56 Å². The number of aliphatic carboxylic acids is 1. The van der Waals surface area contributed by atoms with Crippen molar-refractivity contribution in [3.05, 3.63) is 71.0 Å². The largest absolute Gasteiger partial charge is 0.480 e. The van der Waals surface area contributed by atoms with Crippen molar-refractivity contribution in [3.63, 3.8) is 0 Å². The fraction of sp³-hybridized carbons (Fsp3) is 0.391. The van der Waals surface area contributed by atoms with Gasteiger partial charge in [-0.25, -0.2) is 4.39 Å². The van der Waals surface area contributed by atoms with Crippen molar-refractivity contribution >= 4 is 11.8 Å². The minimum Gasteiger partial charge on any atom is -0.480 e. The predicted molar refractivity (Wildman–Crippen MR) is 106 cm³/mol. The second-order valence-corrected chi connectivity index (χ2v) is 7.48. The van der Waals surface area contributed by atoms with Crippen LogP contribution in [0.5, 0.6) is 0 Å². The molecule has 4 nitrogen and oxygen atoms in total. The summed E-state index contributed by atoms with van der Waals surface area (Å²) in [6.45, 7) is 0.255. The SMILES string of the molecule is O=C(C[C@@H](NCc1ccc(F)cc1)C(=O)O)c1ccc(C2CCCCC2)cc1. The Morgan fingerprint density at radius 1 is 1.00 bits per heavy atom. The van der Waals surface area contributed by atoms with E-state index in [4.69, 9.17) is 0 Å². The van der Waals surface area contributed by atoms with Gasteiger partial charge in [-0.2, -0.15) is 0 Å². The number of carbonyl (C=O) groups is 2. The van der Waals surface area contributed by atoms with Crippen molar-refractivity contribution in [2.75, 3.05) is 0 Å². The molecular weight excluding hydrogens is 357 g/mol. The summed E-state index contributed by atoms with van der Waals surface area (Å²) in [4.78, 5) is 24.1. The van der Waals surface area contributed by atoms with E-state index in [1.807, 2.05) is 24.3 Å². The highest BCUT2D eigenvalue weighted by Crippen LogP contribution is 2.32. The van der Waals surface area contributed by atoms with Crippen LogP contribution in [0.3, 0.4) is 0 Å². The topological polar surface area (TPSA) is 66.4 Å². The third-order valence-electron chi connectivity index (χ3n) is 5.46. The Bertz CT molecular complexity index is 796. The molecule has 3 rings (SSSR count). The van der Waals surface area contributed by atoms with E-state index in [0.29, 0.717) is 11.5 Å². The number of carboxylic acid groups (broad SMARTS) is 1. The number of carbonyl (C=O) groups excluding carboxylic acids is 1. The molecule has 148 valence electrons. The van der Waals surface area contributed by atoms with Crippen LogP contribution < -0.4 is 5.32 Å². The van der Waals surface area contributed by atoms with E-state index in [-0.39, 0.29) is 24.6 Å². The fourth-order valence-electron chi connectivity index (χ4n) is 3.77. The molecule has 2 aromatic rings. The van der Waals surface area contributed by atoms with Gasteiger partial charge in [0.1, 0.15) is 11.9 Å². The Kier molecular flexibility index (Phi) is 6.93. The number of halogens is 1. The lowest BCUT2D eigenvalue weighted by Crippen LogP contribution is -2.38. The molecule has 0 bridgehead atoms. The molecule has 0 unspecified atom stereocenters. The van der Waals surface area contributed by atoms with Crippen LogP contribution >= 0.6 is 0 Å². The third-order valence-corrected chi connectivity index (χ3v) is 5.46. The molecule has 1 saturated carbocycles. The first kappa shape index (κ1) is 20.2. The number of carboxylic acids is 1. The van der Waals surface area contributed by atoms with Gasteiger partial charge in [0.25, 0.3) is 0 Å². The summed E-state index contributed by atoms with van der Waals surface area (Å²) in [7, 11) is 0. The van der Waals surface area contributed by atoms with Gasteiger partial charge in [-0.05, 0) is 42.0 Å².